The minimum Gasteiger partial charge on any atom is -0.481 e. The Balaban J connectivity index is 1.93. The molecule has 2 aromatic rings. The predicted molar refractivity (Wildman–Crippen MR) is 76.3 cm³/mol. The Hall–Kier alpha value is -2.62. The number of aromatic nitrogens is 4. The molecule has 1 saturated carbocycles. The number of hydrogen-bond acceptors (Lipinski definition) is 5. The quantitative estimate of drug-likeness (QED) is 0.803. The molecule has 0 aromatic carbocycles. The first-order valence-electron chi connectivity index (χ1n) is 6.79. The first-order valence-corrected chi connectivity index (χ1v) is 6.79. The second-order valence-electron chi connectivity index (χ2n) is 5.24. The molecule has 3 rings (SSSR count). The van der Waals surface area contributed by atoms with E-state index >= 15 is 0 Å². The minimum absolute atomic E-state index is 0.172. The average molecular weight is 285 g/mol. The molecule has 0 unspecified atom stereocenters. The fraction of sp³-hybridized carbons (Fsp3) is 0.429. The van der Waals surface area contributed by atoms with E-state index in [0.717, 1.165) is 12.8 Å². The van der Waals surface area contributed by atoms with Crippen LogP contribution < -0.4 is 5.73 Å². The van der Waals surface area contributed by atoms with Crippen molar-refractivity contribution >= 4 is 23.0 Å². The Morgan fingerprint density at radius 3 is 2.71 bits per heavy atom. The van der Waals surface area contributed by atoms with Crippen molar-refractivity contribution in [3.8, 4) is 12.3 Å². The van der Waals surface area contributed by atoms with Gasteiger partial charge in [0.05, 0.1) is 12.2 Å². The van der Waals surface area contributed by atoms with Gasteiger partial charge in [-0.2, -0.15) is 0 Å². The van der Waals surface area contributed by atoms with Crippen LogP contribution in [-0.4, -0.2) is 30.6 Å². The number of anilines is 1. The number of aliphatic carboxylic acids is 1. The van der Waals surface area contributed by atoms with Crippen molar-refractivity contribution in [1.82, 2.24) is 19.5 Å². The normalized spacial score (nSPS) is 22.0. The molecule has 0 amide bonds. The van der Waals surface area contributed by atoms with E-state index in [4.69, 9.17) is 17.3 Å². The van der Waals surface area contributed by atoms with E-state index in [-0.39, 0.29) is 23.6 Å². The van der Waals surface area contributed by atoms with E-state index in [2.05, 4.69) is 20.9 Å². The van der Waals surface area contributed by atoms with Gasteiger partial charge in [0.25, 0.3) is 0 Å². The van der Waals surface area contributed by atoms with E-state index < -0.39 is 5.97 Å². The van der Waals surface area contributed by atoms with Crippen LogP contribution in [-0.2, 0) is 4.79 Å². The second-order valence-corrected chi connectivity index (χ2v) is 5.24. The van der Waals surface area contributed by atoms with Gasteiger partial charge in [-0.25, -0.2) is 15.0 Å². The summed E-state index contributed by atoms with van der Waals surface area (Å²) in [6, 6.07) is 0.172. The summed E-state index contributed by atoms with van der Waals surface area (Å²) in [6.07, 6.45) is 9.88. The molecule has 3 N–H and O–H groups in total. The summed E-state index contributed by atoms with van der Waals surface area (Å²) >= 11 is 0. The summed E-state index contributed by atoms with van der Waals surface area (Å²) in [6.45, 7) is 0. The standard InChI is InChI=1S/C14H15N5O2/c1-2-10-17-12(15)11-13(18-10)19(7-16-11)9-5-3-8(4-6-9)14(20)21/h1,7-9H,3-6H2,(H,20,21)(H2,15,17,18)/t8-,9+. The highest BCUT2D eigenvalue weighted by Gasteiger charge is 2.28. The van der Waals surface area contributed by atoms with Gasteiger partial charge in [0, 0.05) is 6.04 Å². The molecule has 108 valence electrons. The van der Waals surface area contributed by atoms with Crippen molar-refractivity contribution in [2.75, 3.05) is 5.73 Å². The molecule has 1 fully saturated rings. The summed E-state index contributed by atoms with van der Waals surface area (Å²) in [4.78, 5) is 23.6. The molecular formula is C14H15N5O2. The molecule has 7 nitrogen and oxygen atoms in total. The monoisotopic (exact) mass is 285 g/mol. The topological polar surface area (TPSA) is 107 Å². The molecule has 7 heteroatoms. The fourth-order valence-electron chi connectivity index (χ4n) is 2.87. The predicted octanol–water partition coefficient (Wildman–Crippen LogP) is 1.21. The third kappa shape index (κ3) is 2.29. The van der Waals surface area contributed by atoms with E-state index in [1.807, 2.05) is 4.57 Å². The van der Waals surface area contributed by atoms with Gasteiger partial charge < -0.3 is 15.4 Å². The van der Waals surface area contributed by atoms with Crippen molar-refractivity contribution < 1.29 is 9.90 Å². The van der Waals surface area contributed by atoms with Gasteiger partial charge in [0.1, 0.15) is 5.52 Å². The van der Waals surface area contributed by atoms with E-state index in [1.165, 1.54) is 0 Å². The van der Waals surface area contributed by atoms with Crippen molar-refractivity contribution in [3.05, 3.63) is 12.2 Å². The van der Waals surface area contributed by atoms with Crippen LogP contribution in [0.5, 0.6) is 0 Å². The number of imidazole rings is 1. The summed E-state index contributed by atoms with van der Waals surface area (Å²) in [5.41, 5.74) is 6.99. The number of carbonyl (C=O) groups is 1. The largest absolute Gasteiger partial charge is 0.481 e. The molecule has 1 aliphatic rings. The summed E-state index contributed by atoms with van der Waals surface area (Å²) in [7, 11) is 0. The van der Waals surface area contributed by atoms with Crippen LogP contribution in [0.3, 0.4) is 0 Å². The van der Waals surface area contributed by atoms with Crippen LogP contribution in [0.1, 0.15) is 37.5 Å². The zero-order valence-corrected chi connectivity index (χ0v) is 11.4. The van der Waals surface area contributed by atoms with Crippen molar-refractivity contribution in [2.45, 2.75) is 31.7 Å². The molecule has 0 aliphatic heterocycles. The molecular weight excluding hydrogens is 270 g/mol. The molecule has 0 bridgehead atoms. The number of carboxylic acids is 1. The Bertz CT molecular complexity index is 738. The van der Waals surface area contributed by atoms with E-state index in [0.29, 0.717) is 24.0 Å². The summed E-state index contributed by atoms with van der Waals surface area (Å²) < 4.78 is 1.94. The van der Waals surface area contributed by atoms with E-state index in [9.17, 15) is 4.79 Å². The van der Waals surface area contributed by atoms with Gasteiger partial charge in [-0.15, -0.1) is 6.42 Å². The first kappa shape index (κ1) is 13.4. The number of terminal acetylenes is 1. The van der Waals surface area contributed by atoms with Crippen molar-refractivity contribution in [3.63, 3.8) is 0 Å². The molecule has 0 saturated heterocycles. The number of nitrogens with two attached hydrogens (primary N) is 1. The molecule has 2 aromatic heterocycles. The maximum atomic E-state index is 11.0. The van der Waals surface area contributed by atoms with Gasteiger partial charge in [0.2, 0.25) is 5.82 Å². The molecule has 2 heterocycles. The zero-order valence-electron chi connectivity index (χ0n) is 11.4. The van der Waals surface area contributed by atoms with Gasteiger partial charge >= 0.3 is 5.97 Å². The Morgan fingerprint density at radius 2 is 2.10 bits per heavy atom. The second kappa shape index (κ2) is 5.05. The lowest BCUT2D eigenvalue weighted by Gasteiger charge is -2.27. The summed E-state index contributed by atoms with van der Waals surface area (Å²) in [5, 5.41) is 9.05. The highest BCUT2D eigenvalue weighted by atomic mass is 16.4. The maximum Gasteiger partial charge on any atom is 0.306 e. The number of rotatable bonds is 2. The highest BCUT2D eigenvalue weighted by Crippen LogP contribution is 2.34. The fourth-order valence-corrected chi connectivity index (χ4v) is 2.87. The van der Waals surface area contributed by atoms with Crippen LogP contribution >= 0.6 is 0 Å². The minimum atomic E-state index is -0.717. The van der Waals surface area contributed by atoms with Gasteiger partial charge in [-0.1, -0.05) is 0 Å². The van der Waals surface area contributed by atoms with E-state index in [1.54, 1.807) is 6.33 Å². The number of nitrogens with zero attached hydrogens (tertiary/aromatic N) is 4. The average Bonchev–Trinajstić information content (AvgIpc) is 2.91. The van der Waals surface area contributed by atoms with Crippen LogP contribution in [0.4, 0.5) is 5.82 Å². The lowest BCUT2D eigenvalue weighted by atomic mass is 9.86. The van der Waals surface area contributed by atoms with Crippen molar-refractivity contribution in [2.24, 2.45) is 5.92 Å². The molecule has 0 atom stereocenters. The Morgan fingerprint density at radius 1 is 1.38 bits per heavy atom. The Kier molecular flexibility index (Phi) is 3.22. The first-order chi connectivity index (χ1) is 10.1. The van der Waals surface area contributed by atoms with Gasteiger partial charge in [0.15, 0.2) is 11.5 Å². The third-order valence-electron chi connectivity index (χ3n) is 4.02. The van der Waals surface area contributed by atoms with Crippen LogP contribution in [0.15, 0.2) is 6.33 Å². The van der Waals surface area contributed by atoms with Crippen LogP contribution in [0.2, 0.25) is 0 Å². The van der Waals surface area contributed by atoms with Crippen molar-refractivity contribution in [1.29, 1.82) is 0 Å². The third-order valence-corrected chi connectivity index (χ3v) is 4.02. The zero-order chi connectivity index (χ0) is 15.0. The maximum absolute atomic E-state index is 11.0. The molecule has 0 spiro atoms. The highest BCUT2D eigenvalue weighted by molar-refractivity contribution is 5.82. The molecule has 21 heavy (non-hydrogen) atoms. The molecule has 0 radical (unpaired) electrons. The van der Waals surface area contributed by atoms with Gasteiger partial charge in [-0.05, 0) is 31.6 Å². The lowest BCUT2D eigenvalue weighted by Crippen LogP contribution is -2.23. The SMILES string of the molecule is C#Cc1nc(N)c2ncn([C@H]3CC[C@@H](C(=O)O)CC3)c2n1. The number of nitrogen functional groups attached to an aromatic ring is 1. The summed E-state index contributed by atoms with van der Waals surface area (Å²) in [5.74, 6) is 1.92. The number of carboxylic acid groups (broad SMARTS) is 1. The molecule has 1 aliphatic carbocycles. The Labute approximate surface area is 121 Å². The van der Waals surface area contributed by atoms with Crippen LogP contribution in [0, 0.1) is 18.3 Å². The number of hydrogen-bond donors (Lipinski definition) is 2. The number of fused-ring (bicyclic) bond motifs is 1. The smallest absolute Gasteiger partial charge is 0.306 e. The van der Waals surface area contributed by atoms with Gasteiger partial charge in [-0.3, -0.25) is 4.79 Å². The van der Waals surface area contributed by atoms with Crippen LogP contribution in [0.25, 0.3) is 11.2 Å². The lowest BCUT2D eigenvalue weighted by molar-refractivity contribution is -0.143.